The lowest BCUT2D eigenvalue weighted by atomic mass is 9.43. The van der Waals surface area contributed by atoms with Crippen molar-refractivity contribution >= 4 is 27.9 Å². The largest absolute Gasteiger partial charge is 0.480 e. The quantitative estimate of drug-likeness (QED) is 0.0877. The van der Waals surface area contributed by atoms with E-state index in [-0.39, 0.29) is 71.0 Å². The molecule has 8 saturated carbocycles. The van der Waals surface area contributed by atoms with Gasteiger partial charge in [-0.2, -0.15) is 8.42 Å². The van der Waals surface area contributed by atoms with Crippen LogP contribution in [0.15, 0.2) is 0 Å². The van der Waals surface area contributed by atoms with Crippen molar-refractivity contribution in [1.29, 1.82) is 0 Å². The van der Waals surface area contributed by atoms with Crippen molar-refractivity contribution in [1.82, 2.24) is 10.6 Å². The molecule has 0 aromatic carbocycles. The first-order chi connectivity index (χ1) is 30.9. The van der Waals surface area contributed by atoms with Crippen LogP contribution in [0.1, 0.15) is 170 Å². The second-order valence-electron chi connectivity index (χ2n) is 24.6. The minimum atomic E-state index is -4.07. The van der Waals surface area contributed by atoms with Crippen LogP contribution in [0, 0.1) is 92.7 Å². The van der Waals surface area contributed by atoms with Gasteiger partial charge in [0.05, 0.1) is 30.2 Å². The van der Waals surface area contributed by atoms with Crippen molar-refractivity contribution in [2.24, 2.45) is 92.7 Å². The Morgan fingerprint density at radius 1 is 0.591 bits per heavy atom. The van der Waals surface area contributed by atoms with E-state index in [1.165, 1.54) is 25.7 Å². The molecule has 378 valence electrons. The highest BCUT2D eigenvalue weighted by Crippen LogP contribution is 2.70. The molecule has 8 N–H and O–H groups in total. The molecule has 8 aliphatic rings. The van der Waals surface area contributed by atoms with Gasteiger partial charge in [-0.05, 0) is 208 Å². The van der Waals surface area contributed by atoms with Gasteiger partial charge in [0.2, 0.25) is 11.8 Å². The molecule has 66 heavy (non-hydrogen) atoms. The highest BCUT2D eigenvalue weighted by atomic mass is 32.2. The van der Waals surface area contributed by atoms with Crippen LogP contribution in [0.3, 0.4) is 0 Å². The Hall–Kier alpha value is -1.84. The molecule has 14 heteroatoms. The van der Waals surface area contributed by atoms with Crippen LogP contribution in [0.5, 0.6) is 0 Å². The summed E-state index contributed by atoms with van der Waals surface area (Å²) in [6.45, 7) is 13.5. The first-order valence-corrected chi connectivity index (χ1v) is 28.0. The average molecular weight is 949 g/mol. The number of carbonyl (C=O) groups excluding carboxylic acids is 2. The van der Waals surface area contributed by atoms with E-state index in [2.05, 4.69) is 52.2 Å². The standard InChI is InChI=1S/C26H45NO6S.C26H43NO5/c1-16(4-9-24(30)27-12-13-34(31,32)33)20-7-8-21-19-6-5-17-14-18(28)10-11-25(17,2)22(19)15-23(29)26(20,21)3;1-15(4-9-23(30)27-14-24(31)32)19-7-8-20-18-6-5-16-12-17(28)10-11-25(16,2)21(18)13-22(29)26(19,20)3/h16-23,28-29H,4-15H2,1-3H3,(H,27,30)(H,31,32,33);15-22,28-29H,4-14H2,1-3H3,(H,27,30)(H,31,32)/t16-,17?,18-,19?,20-,21?,22?,23+,25+,26-;15-,16?,17-,18+,19-,20+,21+,22+,25+,26-/m11/s1. The Labute approximate surface area is 395 Å². The molecule has 5 unspecified atom stereocenters. The lowest BCUT2D eigenvalue weighted by Crippen LogP contribution is -2.58. The Kier molecular flexibility index (Phi) is 15.8. The molecule has 8 aliphatic carbocycles. The molecule has 0 aromatic heterocycles. The number of carboxylic acid groups (broad SMARTS) is 1. The number of rotatable bonds is 13. The van der Waals surface area contributed by atoms with Gasteiger partial charge in [0.1, 0.15) is 6.54 Å². The molecular weight excluding hydrogens is 861 g/mol. The van der Waals surface area contributed by atoms with Crippen molar-refractivity contribution in [3.8, 4) is 0 Å². The Morgan fingerprint density at radius 2 is 1.02 bits per heavy atom. The summed E-state index contributed by atoms with van der Waals surface area (Å²) >= 11 is 0. The Balaban J connectivity index is 0.000000197. The minimum absolute atomic E-state index is 0.0756. The van der Waals surface area contributed by atoms with Crippen LogP contribution in [-0.4, -0.2) is 99.5 Å². The van der Waals surface area contributed by atoms with E-state index in [0.29, 0.717) is 90.3 Å². The third kappa shape index (κ3) is 10.0. The van der Waals surface area contributed by atoms with Crippen LogP contribution < -0.4 is 10.6 Å². The zero-order valence-electron chi connectivity index (χ0n) is 41.1. The number of amides is 2. The maximum atomic E-state index is 12.2. The second-order valence-corrected chi connectivity index (χ2v) is 26.2. The molecule has 0 aromatic rings. The molecule has 0 spiro atoms. The number of fused-ring (bicyclic) bond motifs is 10. The highest BCUT2D eigenvalue weighted by Gasteiger charge is 2.65. The number of hydrogen-bond donors (Lipinski definition) is 8. The molecule has 0 saturated heterocycles. The Bertz CT molecular complexity index is 1850. The summed E-state index contributed by atoms with van der Waals surface area (Å²) in [6.07, 6.45) is 18.1. The van der Waals surface area contributed by atoms with Gasteiger partial charge in [-0.15, -0.1) is 0 Å². The maximum Gasteiger partial charge on any atom is 0.322 e. The molecular formula is C52H88N2O11S. The van der Waals surface area contributed by atoms with Crippen molar-refractivity contribution in [2.75, 3.05) is 18.8 Å². The van der Waals surface area contributed by atoms with Gasteiger partial charge >= 0.3 is 5.97 Å². The Morgan fingerprint density at radius 3 is 1.42 bits per heavy atom. The van der Waals surface area contributed by atoms with E-state index in [0.717, 1.165) is 83.5 Å². The summed E-state index contributed by atoms with van der Waals surface area (Å²) in [5, 5.41) is 57.5. The third-order valence-electron chi connectivity index (χ3n) is 21.8. The molecule has 0 aliphatic heterocycles. The van der Waals surface area contributed by atoms with E-state index in [4.69, 9.17) is 9.66 Å². The van der Waals surface area contributed by atoms with Crippen LogP contribution in [0.25, 0.3) is 0 Å². The van der Waals surface area contributed by atoms with Gasteiger partial charge in [-0.3, -0.25) is 18.9 Å². The van der Waals surface area contributed by atoms with Gasteiger partial charge in [0, 0.05) is 19.4 Å². The molecule has 0 heterocycles. The normalized spacial score (nSPS) is 45.7. The van der Waals surface area contributed by atoms with E-state index in [1.54, 1.807) is 0 Å². The molecule has 8 fully saturated rings. The molecule has 8 rings (SSSR count). The zero-order chi connectivity index (χ0) is 48.1. The number of nitrogens with one attached hydrogen (secondary N) is 2. The first kappa shape index (κ1) is 52.0. The average Bonchev–Trinajstić information content (AvgIpc) is 3.81. The number of aliphatic carboxylic acids is 1. The maximum absolute atomic E-state index is 12.2. The lowest BCUT2D eigenvalue weighted by Gasteiger charge is -2.62. The summed E-state index contributed by atoms with van der Waals surface area (Å²) in [6, 6.07) is 0. The van der Waals surface area contributed by atoms with E-state index >= 15 is 0 Å². The molecule has 20 atom stereocenters. The summed E-state index contributed by atoms with van der Waals surface area (Å²) in [5.41, 5.74) is 0.250. The van der Waals surface area contributed by atoms with E-state index in [1.807, 2.05) is 0 Å². The fourth-order valence-electron chi connectivity index (χ4n) is 18.1. The topological polar surface area (TPSA) is 231 Å². The summed E-state index contributed by atoms with van der Waals surface area (Å²) in [5.74, 6) is 4.12. The van der Waals surface area contributed by atoms with Crippen molar-refractivity contribution in [3.63, 3.8) is 0 Å². The van der Waals surface area contributed by atoms with Gasteiger partial charge in [0.15, 0.2) is 0 Å². The van der Waals surface area contributed by atoms with Gasteiger partial charge in [-0.25, -0.2) is 0 Å². The number of carbonyl (C=O) groups is 3. The van der Waals surface area contributed by atoms with Gasteiger partial charge < -0.3 is 36.2 Å². The smallest absolute Gasteiger partial charge is 0.322 e. The highest BCUT2D eigenvalue weighted by molar-refractivity contribution is 7.85. The lowest BCUT2D eigenvalue weighted by molar-refractivity contribution is -0.175. The third-order valence-corrected chi connectivity index (χ3v) is 22.5. The van der Waals surface area contributed by atoms with Crippen LogP contribution in [0.4, 0.5) is 0 Å². The van der Waals surface area contributed by atoms with E-state index < -0.39 is 21.8 Å². The number of carboxylic acids is 1. The molecule has 0 radical (unpaired) electrons. The van der Waals surface area contributed by atoms with Gasteiger partial charge in [-0.1, -0.05) is 41.5 Å². The van der Waals surface area contributed by atoms with Crippen LogP contribution in [0.2, 0.25) is 0 Å². The monoisotopic (exact) mass is 949 g/mol. The molecule has 13 nitrogen and oxygen atoms in total. The summed E-state index contributed by atoms with van der Waals surface area (Å²) in [4.78, 5) is 34.9. The minimum Gasteiger partial charge on any atom is -0.480 e. The van der Waals surface area contributed by atoms with E-state index in [9.17, 15) is 43.2 Å². The van der Waals surface area contributed by atoms with Crippen molar-refractivity contribution in [3.05, 3.63) is 0 Å². The SMILES string of the molecule is C[C@H](CCC(=O)NCC(=O)O)[C@H]1CC[C@H]2[C@@H]3CCC4C[C@H](O)CC[C@]4(C)[C@H]3C[C@H](O)[C@]12C.C[C@H](CCC(=O)NCCS(=O)(=O)O)[C@H]1CCC2C3CCC4C[C@H](O)CC[C@]4(C)C3C[C@H](O)[C@@]21C. The fraction of sp³-hybridized carbons (Fsp3) is 0.942. The molecule has 2 amide bonds. The predicted molar refractivity (Wildman–Crippen MR) is 252 cm³/mol. The number of aliphatic hydroxyl groups excluding tert-OH is 4. The predicted octanol–water partition coefficient (Wildman–Crippen LogP) is 6.99. The first-order valence-electron chi connectivity index (χ1n) is 26.4. The van der Waals surface area contributed by atoms with Crippen molar-refractivity contribution < 1.29 is 52.9 Å². The summed E-state index contributed by atoms with van der Waals surface area (Å²) < 4.78 is 30.5. The van der Waals surface area contributed by atoms with Crippen LogP contribution >= 0.6 is 0 Å². The second kappa shape index (κ2) is 20.1. The fourth-order valence-corrected chi connectivity index (χ4v) is 18.5. The zero-order valence-corrected chi connectivity index (χ0v) is 42.0. The van der Waals surface area contributed by atoms with Crippen LogP contribution in [-0.2, 0) is 24.5 Å². The molecule has 0 bridgehead atoms. The number of hydrogen-bond acceptors (Lipinski definition) is 9. The number of aliphatic hydroxyl groups is 4. The van der Waals surface area contributed by atoms with Gasteiger partial charge in [0.25, 0.3) is 10.1 Å². The van der Waals surface area contributed by atoms with Crippen molar-refractivity contribution in [2.45, 2.75) is 194 Å². The summed E-state index contributed by atoms with van der Waals surface area (Å²) in [7, 11) is -4.07.